The van der Waals surface area contributed by atoms with Gasteiger partial charge in [0.1, 0.15) is 0 Å². The molecule has 2 heteroatoms. The number of likely N-dealkylation sites (tertiary alicyclic amines) is 1. The van der Waals surface area contributed by atoms with Crippen LogP contribution in [-0.2, 0) is 12.8 Å². The second kappa shape index (κ2) is 4.67. The molecule has 18 heavy (non-hydrogen) atoms. The van der Waals surface area contributed by atoms with Crippen molar-refractivity contribution >= 4 is 0 Å². The van der Waals surface area contributed by atoms with E-state index in [1.54, 1.807) is 0 Å². The molecule has 0 amide bonds. The number of nitrogens with zero attached hydrogens (tertiary/aromatic N) is 1. The molecule has 1 aromatic rings. The lowest BCUT2D eigenvalue weighted by atomic mass is 9.93. The Balaban J connectivity index is 1.82. The van der Waals surface area contributed by atoms with Crippen molar-refractivity contribution in [1.82, 2.24) is 4.90 Å². The predicted molar refractivity (Wildman–Crippen MR) is 75.6 cm³/mol. The van der Waals surface area contributed by atoms with Crippen LogP contribution < -0.4 is 5.73 Å². The number of hydrogen-bond donors (Lipinski definition) is 1. The van der Waals surface area contributed by atoms with Crippen LogP contribution in [0.5, 0.6) is 0 Å². The van der Waals surface area contributed by atoms with E-state index in [1.165, 1.54) is 37.1 Å². The minimum Gasteiger partial charge on any atom is -0.329 e. The summed E-state index contributed by atoms with van der Waals surface area (Å²) in [6.07, 6.45) is 4.96. The maximum Gasteiger partial charge on any atom is 0.0412 e. The standard InChI is InChI=1S/C16H24N2/c1-2-13-7-8-18(11-13)16(12-17)9-14-5-3-4-6-15(14)10-16/h3-6,13H,2,7-12,17H2,1H3. The van der Waals surface area contributed by atoms with Gasteiger partial charge in [-0.3, -0.25) is 4.90 Å². The third-order valence-corrected chi connectivity index (χ3v) is 5.07. The van der Waals surface area contributed by atoms with Crippen molar-refractivity contribution in [3.05, 3.63) is 35.4 Å². The Morgan fingerprint density at radius 2 is 1.94 bits per heavy atom. The van der Waals surface area contributed by atoms with E-state index >= 15 is 0 Å². The van der Waals surface area contributed by atoms with E-state index in [2.05, 4.69) is 36.1 Å². The summed E-state index contributed by atoms with van der Waals surface area (Å²) in [6, 6.07) is 8.87. The number of rotatable bonds is 3. The van der Waals surface area contributed by atoms with Crippen LogP contribution in [0.25, 0.3) is 0 Å². The molecule has 0 bridgehead atoms. The fraction of sp³-hybridized carbons (Fsp3) is 0.625. The van der Waals surface area contributed by atoms with Gasteiger partial charge >= 0.3 is 0 Å². The maximum absolute atomic E-state index is 6.17. The highest BCUT2D eigenvalue weighted by Crippen LogP contribution is 2.37. The topological polar surface area (TPSA) is 29.3 Å². The van der Waals surface area contributed by atoms with Gasteiger partial charge in [-0.05, 0) is 42.9 Å². The van der Waals surface area contributed by atoms with Gasteiger partial charge in [-0.15, -0.1) is 0 Å². The summed E-state index contributed by atoms with van der Waals surface area (Å²) in [4.78, 5) is 2.68. The van der Waals surface area contributed by atoms with E-state index in [-0.39, 0.29) is 5.54 Å². The Morgan fingerprint density at radius 1 is 1.28 bits per heavy atom. The first kappa shape index (κ1) is 12.2. The monoisotopic (exact) mass is 244 g/mol. The van der Waals surface area contributed by atoms with Gasteiger partial charge in [-0.1, -0.05) is 37.6 Å². The van der Waals surface area contributed by atoms with Crippen LogP contribution in [0.15, 0.2) is 24.3 Å². The van der Waals surface area contributed by atoms with Crippen molar-refractivity contribution in [3.63, 3.8) is 0 Å². The van der Waals surface area contributed by atoms with Gasteiger partial charge in [0.25, 0.3) is 0 Å². The highest BCUT2D eigenvalue weighted by Gasteiger charge is 2.43. The highest BCUT2D eigenvalue weighted by molar-refractivity contribution is 5.36. The third kappa shape index (κ3) is 1.88. The van der Waals surface area contributed by atoms with E-state index in [0.717, 1.165) is 25.3 Å². The van der Waals surface area contributed by atoms with Gasteiger partial charge in [-0.2, -0.15) is 0 Å². The summed E-state index contributed by atoms with van der Waals surface area (Å²) in [5.41, 5.74) is 9.42. The fourth-order valence-corrected chi connectivity index (χ4v) is 3.77. The van der Waals surface area contributed by atoms with E-state index in [1.807, 2.05) is 0 Å². The summed E-state index contributed by atoms with van der Waals surface area (Å²) in [5.74, 6) is 0.886. The molecular formula is C16H24N2. The lowest BCUT2D eigenvalue weighted by molar-refractivity contribution is 0.128. The van der Waals surface area contributed by atoms with Gasteiger partial charge in [0, 0.05) is 18.6 Å². The van der Waals surface area contributed by atoms with Crippen molar-refractivity contribution in [2.24, 2.45) is 11.7 Å². The molecule has 2 nitrogen and oxygen atoms in total. The van der Waals surface area contributed by atoms with Gasteiger partial charge in [0.05, 0.1) is 0 Å². The molecule has 1 aliphatic carbocycles. The molecular weight excluding hydrogens is 220 g/mol. The van der Waals surface area contributed by atoms with Gasteiger partial charge in [0.2, 0.25) is 0 Å². The zero-order valence-electron chi connectivity index (χ0n) is 11.4. The lowest BCUT2D eigenvalue weighted by Gasteiger charge is -2.38. The molecule has 1 aromatic carbocycles. The summed E-state index contributed by atoms with van der Waals surface area (Å²) in [7, 11) is 0. The number of hydrogen-bond acceptors (Lipinski definition) is 2. The average Bonchev–Trinajstić information content (AvgIpc) is 3.03. The van der Waals surface area contributed by atoms with Gasteiger partial charge in [-0.25, -0.2) is 0 Å². The molecule has 98 valence electrons. The van der Waals surface area contributed by atoms with Crippen molar-refractivity contribution in [2.45, 2.75) is 38.1 Å². The molecule has 2 aliphatic rings. The van der Waals surface area contributed by atoms with E-state index in [0.29, 0.717) is 0 Å². The Morgan fingerprint density at radius 3 is 2.44 bits per heavy atom. The minimum absolute atomic E-state index is 0.216. The Bertz CT molecular complexity index is 402. The van der Waals surface area contributed by atoms with Gasteiger partial charge in [0.15, 0.2) is 0 Å². The summed E-state index contributed by atoms with van der Waals surface area (Å²) in [6.45, 7) is 5.59. The molecule has 1 atom stereocenters. The zero-order chi connectivity index (χ0) is 12.6. The third-order valence-electron chi connectivity index (χ3n) is 5.07. The first-order chi connectivity index (χ1) is 8.77. The molecule has 2 N–H and O–H groups in total. The summed E-state index contributed by atoms with van der Waals surface area (Å²) in [5, 5.41) is 0. The largest absolute Gasteiger partial charge is 0.329 e. The molecule has 3 rings (SSSR count). The predicted octanol–water partition coefficient (Wildman–Crippen LogP) is 2.21. The van der Waals surface area contributed by atoms with Crippen LogP contribution in [0.4, 0.5) is 0 Å². The second-order valence-corrected chi connectivity index (χ2v) is 6.06. The molecule has 0 aromatic heterocycles. The molecule has 1 aliphatic heterocycles. The van der Waals surface area contributed by atoms with Crippen molar-refractivity contribution in [2.75, 3.05) is 19.6 Å². The molecule has 1 heterocycles. The molecule has 1 fully saturated rings. The smallest absolute Gasteiger partial charge is 0.0412 e. The number of fused-ring (bicyclic) bond motifs is 1. The molecule has 1 saturated heterocycles. The van der Waals surface area contributed by atoms with Crippen molar-refractivity contribution in [3.8, 4) is 0 Å². The Hall–Kier alpha value is -0.860. The quantitative estimate of drug-likeness (QED) is 0.883. The number of benzene rings is 1. The zero-order valence-corrected chi connectivity index (χ0v) is 11.4. The van der Waals surface area contributed by atoms with Crippen LogP contribution in [0.1, 0.15) is 30.9 Å². The molecule has 0 radical (unpaired) electrons. The summed E-state index contributed by atoms with van der Waals surface area (Å²) < 4.78 is 0. The molecule has 0 saturated carbocycles. The van der Waals surface area contributed by atoms with Crippen LogP contribution in [0.3, 0.4) is 0 Å². The average molecular weight is 244 g/mol. The van der Waals surface area contributed by atoms with Crippen LogP contribution in [0, 0.1) is 5.92 Å². The maximum atomic E-state index is 6.17. The first-order valence-corrected chi connectivity index (χ1v) is 7.29. The fourth-order valence-electron chi connectivity index (χ4n) is 3.77. The highest BCUT2D eigenvalue weighted by atomic mass is 15.2. The van der Waals surface area contributed by atoms with Crippen LogP contribution >= 0.6 is 0 Å². The molecule has 1 unspecified atom stereocenters. The van der Waals surface area contributed by atoms with Crippen molar-refractivity contribution < 1.29 is 0 Å². The van der Waals surface area contributed by atoms with Gasteiger partial charge < -0.3 is 5.73 Å². The first-order valence-electron chi connectivity index (χ1n) is 7.29. The van der Waals surface area contributed by atoms with Crippen LogP contribution in [-0.4, -0.2) is 30.1 Å². The van der Waals surface area contributed by atoms with E-state index < -0.39 is 0 Å². The summed E-state index contributed by atoms with van der Waals surface area (Å²) >= 11 is 0. The van der Waals surface area contributed by atoms with Crippen LogP contribution in [0.2, 0.25) is 0 Å². The SMILES string of the molecule is CCC1CCN(C2(CN)Cc3ccccc3C2)C1. The van der Waals surface area contributed by atoms with E-state index in [4.69, 9.17) is 5.73 Å². The minimum atomic E-state index is 0.216. The van der Waals surface area contributed by atoms with Crippen molar-refractivity contribution in [1.29, 1.82) is 0 Å². The molecule has 0 spiro atoms. The Kier molecular flexibility index (Phi) is 3.16. The number of nitrogens with two attached hydrogens (primary N) is 1. The Labute approximate surface area is 110 Å². The second-order valence-electron chi connectivity index (χ2n) is 6.06. The normalized spacial score (nSPS) is 26.4. The lowest BCUT2D eigenvalue weighted by Crippen LogP contribution is -2.53. The van der Waals surface area contributed by atoms with E-state index in [9.17, 15) is 0 Å².